The van der Waals surface area contributed by atoms with Crippen molar-refractivity contribution in [1.82, 2.24) is 15.1 Å². The van der Waals surface area contributed by atoms with Gasteiger partial charge in [-0.05, 0) is 50.2 Å². The number of halogens is 2. The number of hydrogen-bond acceptors (Lipinski definition) is 4. The van der Waals surface area contributed by atoms with Crippen LogP contribution in [0.3, 0.4) is 0 Å². The van der Waals surface area contributed by atoms with E-state index in [4.69, 9.17) is 5.73 Å². The number of piperazine rings is 1. The lowest BCUT2D eigenvalue weighted by atomic mass is 10.2. The Balaban J connectivity index is 0.00000320. The standard InChI is InChI=1S/C21H33FN6O.HI/c1-2-26-11-3-4-19(26)16-25-21(23)24-10-9-20(29)28-14-12-27(13-15-28)18-7-5-17(22)6-8-18;/h5-8,19H,2-4,9-16H2,1H3,(H3,23,24,25);1H. The van der Waals surface area contributed by atoms with Gasteiger partial charge >= 0.3 is 0 Å². The summed E-state index contributed by atoms with van der Waals surface area (Å²) in [6, 6.07) is 6.99. The number of carbonyl (C=O) groups excluding carboxylic acids is 1. The van der Waals surface area contributed by atoms with E-state index < -0.39 is 0 Å². The number of likely N-dealkylation sites (N-methyl/N-ethyl adjacent to an activating group) is 1. The Bertz CT molecular complexity index is 693. The van der Waals surface area contributed by atoms with E-state index in [-0.39, 0.29) is 35.7 Å². The quantitative estimate of drug-likeness (QED) is 0.319. The van der Waals surface area contributed by atoms with Crippen molar-refractivity contribution in [3.05, 3.63) is 30.1 Å². The molecule has 168 valence electrons. The molecule has 3 rings (SSSR count). The van der Waals surface area contributed by atoms with E-state index in [1.165, 1.54) is 25.0 Å². The van der Waals surface area contributed by atoms with Crippen LogP contribution in [0.4, 0.5) is 10.1 Å². The molecule has 9 heteroatoms. The largest absolute Gasteiger partial charge is 0.370 e. The Morgan fingerprint density at radius 3 is 2.57 bits per heavy atom. The average Bonchev–Trinajstić information content (AvgIpc) is 3.20. The number of anilines is 1. The number of nitrogens with one attached hydrogen (secondary N) is 1. The lowest BCUT2D eigenvalue weighted by Gasteiger charge is -2.36. The summed E-state index contributed by atoms with van der Waals surface area (Å²) in [5.41, 5.74) is 6.95. The SMILES string of the molecule is CCN1CCCC1CN=C(N)NCCC(=O)N1CCN(c2ccc(F)cc2)CC1.I. The topological polar surface area (TPSA) is 77.2 Å². The summed E-state index contributed by atoms with van der Waals surface area (Å²) >= 11 is 0. The third-order valence-corrected chi connectivity index (χ3v) is 5.85. The summed E-state index contributed by atoms with van der Waals surface area (Å²) < 4.78 is 13.1. The molecule has 1 aromatic rings. The van der Waals surface area contributed by atoms with Gasteiger partial charge < -0.3 is 20.9 Å². The Morgan fingerprint density at radius 2 is 1.90 bits per heavy atom. The first-order valence-electron chi connectivity index (χ1n) is 10.6. The Kier molecular flexibility index (Phi) is 10.1. The third kappa shape index (κ3) is 6.97. The predicted octanol–water partition coefficient (Wildman–Crippen LogP) is 1.87. The number of amides is 1. The van der Waals surface area contributed by atoms with Crippen LogP contribution in [0.1, 0.15) is 26.2 Å². The second kappa shape index (κ2) is 12.3. The van der Waals surface area contributed by atoms with Gasteiger partial charge in [-0.1, -0.05) is 6.92 Å². The number of benzene rings is 1. The number of nitrogens with two attached hydrogens (primary N) is 1. The van der Waals surface area contributed by atoms with Crippen LogP contribution in [-0.2, 0) is 4.79 Å². The molecule has 0 bridgehead atoms. The zero-order valence-corrected chi connectivity index (χ0v) is 20.1. The first-order valence-corrected chi connectivity index (χ1v) is 10.6. The minimum atomic E-state index is -0.233. The molecule has 3 N–H and O–H groups in total. The van der Waals surface area contributed by atoms with Crippen molar-refractivity contribution < 1.29 is 9.18 Å². The summed E-state index contributed by atoms with van der Waals surface area (Å²) in [6.07, 6.45) is 2.80. The molecule has 0 aliphatic carbocycles. The number of nitrogens with zero attached hydrogens (tertiary/aromatic N) is 4. The fourth-order valence-corrected chi connectivity index (χ4v) is 4.10. The number of aliphatic imine (C=N–C) groups is 1. The van der Waals surface area contributed by atoms with E-state index in [2.05, 4.69) is 27.0 Å². The summed E-state index contributed by atoms with van der Waals surface area (Å²) in [5, 5.41) is 3.07. The maximum absolute atomic E-state index is 13.1. The minimum absolute atomic E-state index is 0. The van der Waals surface area contributed by atoms with Crippen LogP contribution in [0.15, 0.2) is 29.3 Å². The van der Waals surface area contributed by atoms with E-state index in [0.717, 1.165) is 31.9 Å². The van der Waals surface area contributed by atoms with Crippen LogP contribution in [-0.4, -0.2) is 80.1 Å². The predicted molar refractivity (Wildman–Crippen MR) is 130 cm³/mol. The summed E-state index contributed by atoms with van der Waals surface area (Å²) in [7, 11) is 0. The average molecular weight is 532 g/mol. The zero-order chi connectivity index (χ0) is 20.6. The van der Waals surface area contributed by atoms with Gasteiger partial charge in [-0.15, -0.1) is 24.0 Å². The van der Waals surface area contributed by atoms with Gasteiger partial charge in [0.15, 0.2) is 5.96 Å². The Hall–Kier alpha value is -1.62. The Labute approximate surface area is 195 Å². The molecule has 1 amide bonds. The van der Waals surface area contributed by atoms with Gasteiger partial charge in [0, 0.05) is 50.9 Å². The highest BCUT2D eigenvalue weighted by Crippen LogP contribution is 2.17. The van der Waals surface area contributed by atoms with Gasteiger partial charge in [0.2, 0.25) is 5.91 Å². The molecule has 2 aliphatic heterocycles. The monoisotopic (exact) mass is 532 g/mol. The van der Waals surface area contributed by atoms with Gasteiger partial charge in [0.05, 0.1) is 6.54 Å². The van der Waals surface area contributed by atoms with Crippen molar-refractivity contribution in [3.63, 3.8) is 0 Å². The van der Waals surface area contributed by atoms with Crippen LogP contribution < -0.4 is 16.0 Å². The molecule has 2 fully saturated rings. The van der Waals surface area contributed by atoms with Crippen molar-refractivity contribution in [3.8, 4) is 0 Å². The van der Waals surface area contributed by atoms with Gasteiger partial charge in [0.1, 0.15) is 5.82 Å². The van der Waals surface area contributed by atoms with Crippen molar-refractivity contribution in [2.24, 2.45) is 10.7 Å². The number of guanidine groups is 1. The maximum Gasteiger partial charge on any atom is 0.224 e. The summed E-state index contributed by atoms with van der Waals surface area (Å²) in [4.78, 5) is 23.4. The summed E-state index contributed by atoms with van der Waals surface area (Å²) in [5.74, 6) is 0.308. The van der Waals surface area contributed by atoms with Crippen LogP contribution in [0, 0.1) is 5.82 Å². The van der Waals surface area contributed by atoms with Crippen LogP contribution in [0.2, 0.25) is 0 Å². The number of likely N-dealkylation sites (tertiary alicyclic amines) is 1. The molecule has 0 radical (unpaired) electrons. The van der Waals surface area contributed by atoms with Crippen molar-refractivity contribution >= 4 is 41.5 Å². The molecule has 1 unspecified atom stereocenters. The zero-order valence-electron chi connectivity index (χ0n) is 17.7. The molecular formula is C21H34FIN6O. The fraction of sp³-hybridized carbons (Fsp3) is 0.619. The lowest BCUT2D eigenvalue weighted by Crippen LogP contribution is -2.49. The van der Waals surface area contributed by atoms with E-state index in [0.29, 0.717) is 44.6 Å². The fourth-order valence-electron chi connectivity index (χ4n) is 4.10. The molecule has 2 aliphatic rings. The van der Waals surface area contributed by atoms with E-state index >= 15 is 0 Å². The number of hydrogen-bond donors (Lipinski definition) is 2. The maximum atomic E-state index is 13.1. The normalized spacial score (nSPS) is 20.2. The molecule has 1 aromatic carbocycles. The first kappa shape index (κ1) is 24.6. The van der Waals surface area contributed by atoms with Crippen molar-refractivity contribution in [1.29, 1.82) is 0 Å². The van der Waals surface area contributed by atoms with Gasteiger partial charge in [-0.2, -0.15) is 0 Å². The molecule has 2 saturated heterocycles. The molecule has 0 aromatic heterocycles. The van der Waals surface area contributed by atoms with Crippen molar-refractivity contribution in [2.45, 2.75) is 32.2 Å². The highest BCUT2D eigenvalue weighted by Gasteiger charge is 2.23. The first-order chi connectivity index (χ1) is 14.1. The van der Waals surface area contributed by atoms with E-state index in [1.807, 2.05) is 4.90 Å². The highest BCUT2D eigenvalue weighted by molar-refractivity contribution is 14.0. The van der Waals surface area contributed by atoms with E-state index in [9.17, 15) is 9.18 Å². The Morgan fingerprint density at radius 1 is 1.20 bits per heavy atom. The second-order valence-corrected chi connectivity index (χ2v) is 7.67. The van der Waals surface area contributed by atoms with Gasteiger partial charge in [-0.3, -0.25) is 14.7 Å². The number of rotatable bonds is 7. The highest BCUT2D eigenvalue weighted by atomic mass is 127. The molecule has 2 heterocycles. The summed E-state index contributed by atoms with van der Waals surface area (Å²) in [6.45, 7) is 8.44. The molecule has 30 heavy (non-hydrogen) atoms. The number of carbonyl (C=O) groups is 1. The second-order valence-electron chi connectivity index (χ2n) is 7.67. The van der Waals surface area contributed by atoms with Crippen LogP contribution in [0.25, 0.3) is 0 Å². The molecule has 7 nitrogen and oxygen atoms in total. The van der Waals surface area contributed by atoms with Crippen LogP contribution in [0.5, 0.6) is 0 Å². The van der Waals surface area contributed by atoms with Gasteiger partial charge in [0.25, 0.3) is 0 Å². The minimum Gasteiger partial charge on any atom is -0.370 e. The van der Waals surface area contributed by atoms with Crippen molar-refractivity contribution in [2.75, 3.05) is 57.3 Å². The van der Waals surface area contributed by atoms with Gasteiger partial charge in [-0.25, -0.2) is 4.39 Å². The lowest BCUT2D eigenvalue weighted by molar-refractivity contribution is -0.131. The molecule has 1 atom stereocenters. The van der Waals surface area contributed by atoms with E-state index in [1.54, 1.807) is 12.1 Å². The molecule has 0 spiro atoms. The third-order valence-electron chi connectivity index (χ3n) is 5.85. The molecule has 0 saturated carbocycles. The smallest absolute Gasteiger partial charge is 0.224 e. The molecular weight excluding hydrogens is 498 g/mol. The van der Waals surface area contributed by atoms with Crippen LogP contribution >= 0.6 is 24.0 Å².